The van der Waals surface area contributed by atoms with Crippen molar-refractivity contribution in [2.75, 3.05) is 49.5 Å². The molecule has 1 aliphatic heterocycles. The van der Waals surface area contributed by atoms with Crippen LogP contribution in [0.5, 0.6) is 0 Å². The highest BCUT2D eigenvalue weighted by Crippen LogP contribution is 2.22. The van der Waals surface area contributed by atoms with E-state index in [0.717, 1.165) is 36.4 Å². The second kappa shape index (κ2) is 9.22. The van der Waals surface area contributed by atoms with Crippen LogP contribution in [-0.4, -0.2) is 67.3 Å². The number of benzene rings is 1. The minimum absolute atomic E-state index is 0.182. The van der Waals surface area contributed by atoms with E-state index >= 15 is 0 Å². The number of hydrogen-bond donors (Lipinski definition) is 1. The van der Waals surface area contributed by atoms with Gasteiger partial charge < -0.3 is 20.0 Å². The van der Waals surface area contributed by atoms with Crippen LogP contribution in [0, 0.1) is 6.92 Å². The fourth-order valence-corrected chi connectivity index (χ4v) is 3.09. The predicted octanol–water partition coefficient (Wildman–Crippen LogP) is 1.47. The van der Waals surface area contributed by atoms with Crippen molar-refractivity contribution in [1.82, 2.24) is 9.80 Å². The van der Waals surface area contributed by atoms with Gasteiger partial charge in [0.1, 0.15) is 6.42 Å². The molecular weight excluding hydrogens is 332 g/mol. The lowest BCUT2D eigenvalue weighted by Crippen LogP contribution is -2.48. The molecule has 1 aromatic rings. The Hall–Kier alpha value is -2.57. The Morgan fingerprint density at radius 2 is 1.81 bits per heavy atom. The summed E-state index contributed by atoms with van der Waals surface area (Å²) in [5, 5.41) is 2.83. The Balaban J connectivity index is 1.91. The van der Waals surface area contributed by atoms with Crippen molar-refractivity contribution in [3.05, 3.63) is 23.8 Å². The summed E-state index contributed by atoms with van der Waals surface area (Å²) in [6, 6.07) is 5.91. The van der Waals surface area contributed by atoms with Gasteiger partial charge in [-0.05, 0) is 44.5 Å². The summed E-state index contributed by atoms with van der Waals surface area (Å²) in [6.07, 6.45) is 0.609. The lowest BCUT2D eigenvalue weighted by molar-refractivity contribution is -0.137. The third-order valence-corrected chi connectivity index (χ3v) is 4.74. The maximum Gasteiger partial charge on any atom is 0.233 e. The largest absolute Gasteiger partial charge is 0.372 e. The van der Waals surface area contributed by atoms with Gasteiger partial charge in [0, 0.05) is 50.6 Å². The molecule has 26 heavy (non-hydrogen) atoms. The van der Waals surface area contributed by atoms with Crippen LogP contribution in [0.2, 0.25) is 0 Å². The van der Waals surface area contributed by atoms with Crippen LogP contribution < -0.4 is 10.2 Å². The molecule has 142 valence electrons. The van der Waals surface area contributed by atoms with Crippen LogP contribution in [0.3, 0.4) is 0 Å². The minimum atomic E-state index is -0.313. The molecule has 0 atom stereocenters. The van der Waals surface area contributed by atoms with Gasteiger partial charge in [0.05, 0.1) is 0 Å². The molecule has 2 rings (SSSR count). The molecule has 0 unspecified atom stereocenters. The number of nitrogens with zero attached hydrogens (tertiary/aromatic N) is 3. The summed E-state index contributed by atoms with van der Waals surface area (Å²) in [4.78, 5) is 40.7. The van der Waals surface area contributed by atoms with Gasteiger partial charge in [-0.25, -0.2) is 0 Å². The molecule has 1 fully saturated rings. The third-order valence-electron chi connectivity index (χ3n) is 4.74. The molecule has 7 heteroatoms. The first-order valence-electron chi connectivity index (χ1n) is 9.11. The quantitative estimate of drug-likeness (QED) is 0.590. The highest BCUT2D eigenvalue weighted by Gasteiger charge is 2.22. The van der Waals surface area contributed by atoms with E-state index in [1.807, 2.05) is 25.1 Å². The number of hydrogen-bond acceptors (Lipinski definition) is 4. The lowest BCUT2D eigenvalue weighted by atomic mass is 10.1. The van der Waals surface area contributed by atoms with E-state index in [1.54, 1.807) is 9.80 Å². The fraction of sp³-hybridized carbons (Fsp3) is 0.526. The maximum atomic E-state index is 12.3. The number of carbonyl (C=O) groups is 3. The minimum Gasteiger partial charge on any atom is -0.372 e. The average molecular weight is 360 g/mol. The number of anilines is 2. The van der Waals surface area contributed by atoms with E-state index in [-0.39, 0.29) is 18.2 Å². The van der Waals surface area contributed by atoms with Crippen LogP contribution in [0.25, 0.3) is 0 Å². The number of aryl methyl sites for hydroxylation is 1. The van der Waals surface area contributed by atoms with Crippen molar-refractivity contribution in [2.45, 2.75) is 27.2 Å². The Morgan fingerprint density at radius 1 is 1.15 bits per heavy atom. The monoisotopic (exact) mass is 360 g/mol. The summed E-state index contributed by atoms with van der Waals surface area (Å²) in [5.41, 5.74) is 2.81. The number of nitrogens with one attached hydrogen (secondary N) is 1. The van der Waals surface area contributed by atoms with Gasteiger partial charge >= 0.3 is 0 Å². The molecule has 1 aliphatic rings. The molecule has 1 aromatic carbocycles. The Bertz CT molecular complexity index is 650. The molecule has 0 saturated carbocycles. The van der Waals surface area contributed by atoms with E-state index in [2.05, 4.69) is 24.1 Å². The van der Waals surface area contributed by atoms with Gasteiger partial charge in [-0.15, -0.1) is 0 Å². The van der Waals surface area contributed by atoms with Crippen LogP contribution in [-0.2, 0) is 14.4 Å². The Labute approximate surface area is 154 Å². The SMILES string of the molecule is CCN(CC)c1ccc(NC(=O)CC(=O)N2CCN(C=O)CC2)c(C)c1. The molecule has 0 bridgehead atoms. The smallest absolute Gasteiger partial charge is 0.233 e. The Morgan fingerprint density at radius 3 is 2.35 bits per heavy atom. The maximum absolute atomic E-state index is 12.3. The lowest BCUT2D eigenvalue weighted by Gasteiger charge is -2.32. The Kier molecular flexibility index (Phi) is 7.00. The van der Waals surface area contributed by atoms with Crippen molar-refractivity contribution in [2.24, 2.45) is 0 Å². The molecule has 0 spiro atoms. The highest BCUT2D eigenvalue weighted by atomic mass is 16.2. The van der Waals surface area contributed by atoms with Crippen molar-refractivity contribution in [3.8, 4) is 0 Å². The molecule has 1 heterocycles. The summed E-state index contributed by atoms with van der Waals surface area (Å²) < 4.78 is 0. The molecule has 0 aromatic heterocycles. The van der Waals surface area contributed by atoms with Crippen LogP contribution in [0.4, 0.5) is 11.4 Å². The molecule has 0 radical (unpaired) electrons. The average Bonchev–Trinajstić information content (AvgIpc) is 2.65. The molecule has 3 amide bonds. The van der Waals surface area contributed by atoms with Crippen molar-refractivity contribution in [1.29, 1.82) is 0 Å². The molecule has 0 aliphatic carbocycles. The standard InChI is InChI=1S/C19H28N4O3/c1-4-22(5-2)16-6-7-17(15(3)12-16)20-18(25)13-19(26)23-10-8-21(14-24)9-11-23/h6-7,12,14H,4-5,8-11,13H2,1-3H3,(H,20,25). The third kappa shape index (κ3) is 4.97. The van der Waals surface area contributed by atoms with E-state index < -0.39 is 0 Å². The number of rotatable bonds is 7. The topological polar surface area (TPSA) is 73.0 Å². The van der Waals surface area contributed by atoms with Gasteiger partial charge in [0.25, 0.3) is 0 Å². The van der Waals surface area contributed by atoms with Crippen molar-refractivity contribution >= 4 is 29.6 Å². The molecule has 1 saturated heterocycles. The second-order valence-corrected chi connectivity index (χ2v) is 6.42. The molecule has 1 N–H and O–H groups in total. The van der Waals surface area contributed by atoms with Gasteiger partial charge in [-0.1, -0.05) is 0 Å². The summed E-state index contributed by atoms with van der Waals surface area (Å²) in [7, 11) is 0. The van der Waals surface area contributed by atoms with Gasteiger partial charge in [0.2, 0.25) is 18.2 Å². The summed E-state index contributed by atoms with van der Waals surface area (Å²) in [6.45, 7) is 9.99. The number of amides is 3. The van der Waals surface area contributed by atoms with Crippen LogP contribution >= 0.6 is 0 Å². The first-order valence-corrected chi connectivity index (χ1v) is 9.11. The first-order chi connectivity index (χ1) is 12.5. The summed E-state index contributed by atoms with van der Waals surface area (Å²) in [5.74, 6) is -0.517. The zero-order chi connectivity index (χ0) is 19.1. The van der Waals surface area contributed by atoms with Gasteiger partial charge in [-0.2, -0.15) is 0 Å². The number of piperazine rings is 1. The number of carbonyl (C=O) groups excluding carboxylic acids is 3. The first kappa shape index (κ1) is 19.8. The second-order valence-electron chi connectivity index (χ2n) is 6.42. The normalized spacial score (nSPS) is 14.1. The van der Waals surface area contributed by atoms with Gasteiger partial charge in [0.15, 0.2) is 0 Å². The predicted molar refractivity (Wildman–Crippen MR) is 102 cm³/mol. The highest BCUT2D eigenvalue weighted by molar-refractivity contribution is 6.04. The fourth-order valence-electron chi connectivity index (χ4n) is 3.09. The molecular formula is C19H28N4O3. The van der Waals surface area contributed by atoms with E-state index in [1.165, 1.54) is 0 Å². The van der Waals surface area contributed by atoms with Crippen molar-refractivity contribution in [3.63, 3.8) is 0 Å². The van der Waals surface area contributed by atoms with E-state index in [4.69, 9.17) is 0 Å². The van der Waals surface area contributed by atoms with E-state index in [0.29, 0.717) is 26.2 Å². The van der Waals surface area contributed by atoms with Gasteiger partial charge in [-0.3, -0.25) is 14.4 Å². The summed E-state index contributed by atoms with van der Waals surface area (Å²) >= 11 is 0. The van der Waals surface area contributed by atoms with E-state index in [9.17, 15) is 14.4 Å². The zero-order valence-corrected chi connectivity index (χ0v) is 15.8. The molecule has 7 nitrogen and oxygen atoms in total. The van der Waals surface area contributed by atoms with Crippen LogP contribution in [0.15, 0.2) is 18.2 Å². The van der Waals surface area contributed by atoms with Crippen LogP contribution in [0.1, 0.15) is 25.8 Å². The van der Waals surface area contributed by atoms with Crippen molar-refractivity contribution < 1.29 is 14.4 Å². The zero-order valence-electron chi connectivity index (χ0n) is 15.8.